The number of benzene rings is 1. The zero-order valence-corrected chi connectivity index (χ0v) is 14.8. The van der Waals surface area contributed by atoms with E-state index in [9.17, 15) is 14.9 Å². The number of nitro groups is 1. The minimum absolute atomic E-state index is 0.0218. The molecule has 0 unspecified atom stereocenters. The Morgan fingerprint density at radius 3 is 2.73 bits per heavy atom. The number of non-ortho nitro benzene ring substituents is 1. The number of nitrogens with one attached hydrogen (secondary N) is 3. The molecule has 0 saturated heterocycles. The molecule has 0 heterocycles. The molecule has 1 amide bonds. The minimum Gasteiger partial charge on any atom is -0.395 e. The molecule has 4 N–H and O–H groups in total. The van der Waals surface area contributed by atoms with E-state index in [1.54, 1.807) is 6.07 Å². The van der Waals surface area contributed by atoms with Gasteiger partial charge >= 0.3 is 0 Å². The van der Waals surface area contributed by atoms with Crippen LogP contribution in [0.4, 0.5) is 17.1 Å². The molecule has 1 aliphatic carbocycles. The third kappa shape index (κ3) is 6.36. The topological polar surface area (TPSA) is 117 Å². The Morgan fingerprint density at radius 1 is 1.19 bits per heavy atom. The molecule has 0 bridgehead atoms. The van der Waals surface area contributed by atoms with E-state index >= 15 is 0 Å². The van der Waals surface area contributed by atoms with Gasteiger partial charge in [0, 0.05) is 25.2 Å². The Hall–Kier alpha value is -2.61. The average Bonchev–Trinajstić information content (AvgIpc) is 2.65. The van der Waals surface area contributed by atoms with Gasteiger partial charge in [0.15, 0.2) is 0 Å². The predicted octanol–water partition coefficient (Wildman–Crippen LogP) is 2.42. The monoisotopic (exact) mass is 362 g/mol. The van der Waals surface area contributed by atoms with Crippen LogP contribution in [0.15, 0.2) is 29.8 Å². The zero-order chi connectivity index (χ0) is 18.8. The molecule has 2 rings (SSSR count). The lowest BCUT2D eigenvalue weighted by Gasteiger charge is -2.14. The zero-order valence-electron chi connectivity index (χ0n) is 14.8. The van der Waals surface area contributed by atoms with Gasteiger partial charge in [-0.05, 0) is 38.2 Å². The normalized spacial score (nSPS) is 13.7. The van der Waals surface area contributed by atoms with Crippen LogP contribution in [0.25, 0.3) is 0 Å². The number of amides is 1. The van der Waals surface area contributed by atoms with Crippen molar-refractivity contribution in [1.82, 2.24) is 5.32 Å². The third-order valence-corrected chi connectivity index (χ3v) is 4.23. The summed E-state index contributed by atoms with van der Waals surface area (Å²) in [5.74, 6) is -0.166. The summed E-state index contributed by atoms with van der Waals surface area (Å²) in [6.45, 7) is 0.867. The number of carbonyl (C=O) groups excluding carboxylic acids is 1. The Balaban J connectivity index is 1.85. The first-order valence-electron chi connectivity index (χ1n) is 8.92. The van der Waals surface area contributed by atoms with Gasteiger partial charge in [0.25, 0.3) is 5.69 Å². The Bertz CT molecular complexity index is 661. The molecule has 26 heavy (non-hydrogen) atoms. The van der Waals surface area contributed by atoms with Crippen molar-refractivity contribution in [3.8, 4) is 0 Å². The van der Waals surface area contributed by atoms with Gasteiger partial charge in [-0.1, -0.05) is 11.6 Å². The van der Waals surface area contributed by atoms with Crippen molar-refractivity contribution in [3.63, 3.8) is 0 Å². The molecule has 8 heteroatoms. The van der Waals surface area contributed by atoms with Crippen molar-refractivity contribution < 1.29 is 14.8 Å². The van der Waals surface area contributed by atoms with E-state index in [2.05, 4.69) is 22.0 Å². The van der Waals surface area contributed by atoms with Crippen LogP contribution in [-0.4, -0.2) is 42.2 Å². The highest BCUT2D eigenvalue weighted by molar-refractivity contribution is 5.83. The third-order valence-electron chi connectivity index (χ3n) is 4.23. The predicted molar refractivity (Wildman–Crippen MR) is 101 cm³/mol. The van der Waals surface area contributed by atoms with Crippen molar-refractivity contribution in [1.29, 1.82) is 0 Å². The van der Waals surface area contributed by atoms with Gasteiger partial charge in [0.2, 0.25) is 5.91 Å². The van der Waals surface area contributed by atoms with E-state index in [0.29, 0.717) is 24.5 Å². The van der Waals surface area contributed by atoms with Crippen LogP contribution in [0.5, 0.6) is 0 Å². The molecular weight excluding hydrogens is 336 g/mol. The number of aliphatic hydroxyl groups is 1. The molecule has 0 atom stereocenters. The van der Waals surface area contributed by atoms with Crippen molar-refractivity contribution in [2.24, 2.45) is 0 Å². The summed E-state index contributed by atoms with van der Waals surface area (Å²) in [6, 6.07) is 4.31. The highest BCUT2D eigenvalue weighted by atomic mass is 16.6. The van der Waals surface area contributed by atoms with E-state index < -0.39 is 4.92 Å². The molecule has 1 aromatic rings. The quantitative estimate of drug-likeness (QED) is 0.288. The van der Waals surface area contributed by atoms with E-state index in [-0.39, 0.29) is 24.7 Å². The van der Waals surface area contributed by atoms with Crippen LogP contribution >= 0.6 is 0 Å². The summed E-state index contributed by atoms with van der Waals surface area (Å²) in [5.41, 5.74) is 2.40. The number of anilines is 2. The molecule has 1 aliphatic rings. The lowest BCUT2D eigenvalue weighted by atomic mass is 9.97. The van der Waals surface area contributed by atoms with Crippen molar-refractivity contribution in [2.75, 3.05) is 36.9 Å². The number of nitro benzene ring substituents is 1. The summed E-state index contributed by atoms with van der Waals surface area (Å²) in [7, 11) is 0. The van der Waals surface area contributed by atoms with Gasteiger partial charge in [-0.2, -0.15) is 0 Å². The molecule has 0 radical (unpaired) electrons. The summed E-state index contributed by atoms with van der Waals surface area (Å²) in [5, 5.41) is 28.6. The number of nitrogens with zero attached hydrogens (tertiary/aromatic N) is 1. The molecule has 0 saturated carbocycles. The molecule has 1 aromatic carbocycles. The molecule has 0 aliphatic heterocycles. The molecule has 0 fully saturated rings. The fraction of sp³-hybridized carbons (Fsp3) is 0.500. The van der Waals surface area contributed by atoms with Crippen LogP contribution < -0.4 is 16.0 Å². The van der Waals surface area contributed by atoms with Crippen LogP contribution in [0.1, 0.15) is 32.1 Å². The number of hydrogen-bond donors (Lipinski definition) is 4. The molecule has 8 nitrogen and oxygen atoms in total. The SMILES string of the molecule is O=C(CNc1cc([N+](=O)[O-])ccc1NCCO)NCCC1=CCCCC1. The van der Waals surface area contributed by atoms with E-state index in [1.165, 1.54) is 30.5 Å². The first-order chi connectivity index (χ1) is 12.6. The number of hydrogen-bond acceptors (Lipinski definition) is 6. The Kier molecular flexibility index (Phi) is 7.88. The van der Waals surface area contributed by atoms with E-state index in [0.717, 1.165) is 19.3 Å². The summed E-state index contributed by atoms with van der Waals surface area (Å²) < 4.78 is 0. The maximum atomic E-state index is 12.0. The first kappa shape index (κ1) is 19.7. The maximum Gasteiger partial charge on any atom is 0.271 e. The van der Waals surface area contributed by atoms with Gasteiger partial charge in [0.05, 0.1) is 29.4 Å². The van der Waals surface area contributed by atoms with Crippen LogP contribution in [0.3, 0.4) is 0 Å². The second-order valence-corrected chi connectivity index (χ2v) is 6.20. The van der Waals surface area contributed by atoms with Gasteiger partial charge in [-0.3, -0.25) is 14.9 Å². The maximum absolute atomic E-state index is 12.0. The molecular formula is C18H26N4O4. The largest absolute Gasteiger partial charge is 0.395 e. The van der Waals surface area contributed by atoms with Gasteiger partial charge in [-0.15, -0.1) is 0 Å². The highest BCUT2D eigenvalue weighted by Gasteiger charge is 2.12. The van der Waals surface area contributed by atoms with Crippen molar-refractivity contribution in [3.05, 3.63) is 40.0 Å². The summed E-state index contributed by atoms with van der Waals surface area (Å²) in [4.78, 5) is 22.5. The smallest absolute Gasteiger partial charge is 0.271 e. The van der Waals surface area contributed by atoms with Gasteiger partial charge in [0.1, 0.15) is 0 Å². The van der Waals surface area contributed by atoms with Gasteiger partial charge < -0.3 is 21.1 Å². The fourth-order valence-corrected chi connectivity index (χ4v) is 2.87. The molecule has 142 valence electrons. The summed E-state index contributed by atoms with van der Waals surface area (Å²) in [6.07, 6.45) is 7.83. The number of rotatable bonds is 10. The van der Waals surface area contributed by atoms with Crippen LogP contribution in [0.2, 0.25) is 0 Å². The van der Waals surface area contributed by atoms with Gasteiger partial charge in [-0.25, -0.2) is 0 Å². The fourth-order valence-electron chi connectivity index (χ4n) is 2.87. The van der Waals surface area contributed by atoms with Crippen LogP contribution in [0, 0.1) is 10.1 Å². The Labute approximate surface area is 152 Å². The summed E-state index contributed by atoms with van der Waals surface area (Å²) >= 11 is 0. The number of allylic oxidation sites excluding steroid dienone is 1. The van der Waals surface area contributed by atoms with E-state index in [1.807, 2.05) is 0 Å². The number of aliphatic hydroxyl groups excluding tert-OH is 1. The van der Waals surface area contributed by atoms with Crippen molar-refractivity contribution >= 4 is 23.0 Å². The average molecular weight is 362 g/mol. The lowest BCUT2D eigenvalue weighted by Crippen LogP contribution is -2.31. The second-order valence-electron chi connectivity index (χ2n) is 6.20. The van der Waals surface area contributed by atoms with Crippen LogP contribution in [-0.2, 0) is 4.79 Å². The molecule has 0 spiro atoms. The lowest BCUT2D eigenvalue weighted by molar-refractivity contribution is -0.384. The van der Waals surface area contributed by atoms with Crippen molar-refractivity contribution in [2.45, 2.75) is 32.1 Å². The number of carbonyl (C=O) groups is 1. The highest BCUT2D eigenvalue weighted by Crippen LogP contribution is 2.26. The minimum atomic E-state index is -0.487. The standard InChI is InChI=1S/C18H26N4O4/c23-11-10-19-16-7-6-15(22(25)26)12-17(16)21-13-18(24)20-9-8-14-4-2-1-3-5-14/h4,6-7,12,19,21,23H,1-3,5,8-11,13H2,(H,20,24). The Morgan fingerprint density at radius 2 is 2.04 bits per heavy atom. The second kappa shape index (κ2) is 10.4. The first-order valence-corrected chi connectivity index (χ1v) is 8.92. The molecule has 0 aromatic heterocycles. The van der Waals surface area contributed by atoms with E-state index in [4.69, 9.17) is 5.11 Å².